The van der Waals surface area contributed by atoms with Crippen LogP contribution in [0.1, 0.15) is 55.1 Å². The normalized spacial score (nSPS) is 18.8. The number of halogens is 1. The third-order valence-electron chi connectivity index (χ3n) is 6.08. The van der Waals surface area contributed by atoms with Crippen LogP contribution in [0, 0.1) is 5.82 Å². The summed E-state index contributed by atoms with van der Waals surface area (Å²) in [5.41, 5.74) is 1.01. The van der Waals surface area contributed by atoms with Crippen molar-refractivity contribution in [2.75, 3.05) is 24.8 Å². The Morgan fingerprint density at radius 3 is 2.61 bits per heavy atom. The molecule has 0 amide bonds. The van der Waals surface area contributed by atoms with E-state index in [0.29, 0.717) is 43.6 Å². The molecule has 8 nitrogen and oxygen atoms in total. The zero-order chi connectivity index (χ0) is 22.3. The van der Waals surface area contributed by atoms with Crippen molar-refractivity contribution in [3.63, 3.8) is 0 Å². The van der Waals surface area contributed by atoms with Crippen LogP contribution in [-0.4, -0.2) is 47.6 Å². The SMILES string of the molecule is CC(=O)OCOC(=O)c1cn2c3c(c(N4CCC(O)CC4)c(F)cc3c1=O)CC[C@@H]2C. The minimum Gasteiger partial charge on any atom is -0.428 e. The molecule has 1 fully saturated rings. The van der Waals surface area contributed by atoms with Gasteiger partial charge in [0.25, 0.3) is 0 Å². The number of rotatable bonds is 4. The number of hydrogen-bond acceptors (Lipinski definition) is 7. The van der Waals surface area contributed by atoms with Crippen LogP contribution in [0.25, 0.3) is 10.9 Å². The molecule has 3 heterocycles. The smallest absolute Gasteiger partial charge is 0.346 e. The van der Waals surface area contributed by atoms with Crippen LogP contribution in [0.5, 0.6) is 0 Å². The molecule has 4 rings (SSSR count). The highest BCUT2D eigenvalue weighted by Crippen LogP contribution is 2.38. The largest absolute Gasteiger partial charge is 0.428 e. The molecule has 9 heteroatoms. The van der Waals surface area contributed by atoms with Crippen molar-refractivity contribution in [2.45, 2.75) is 51.7 Å². The van der Waals surface area contributed by atoms with E-state index in [1.807, 2.05) is 16.4 Å². The summed E-state index contributed by atoms with van der Waals surface area (Å²) in [4.78, 5) is 38.3. The molecule has 166 valence electrons. The van der Waals surface area contributed by atoms with Crippen LogP contribution < -0.4 is 10.3 Å². The lowest BCUT2D eigenvalue weighted by molar-refractivity contribution is -0.149. The second kappa shape index (κ2) is 8.30. The van der Waals surface area contributed by atoms with Crippen molar-refractivity contribution in [1.29, 1.82) is 0 Å². The van der Waals surface area contributed by atoms with Gasteiger partial charge in [-0.25, -0.2) is 9.18 Å². The zero-order valence-corrected chi connectivity index (χ0v) is 17.5. The van der Waals surface area contributed by atoms with Gasteiger partial charge in [-0.05, 0) is 38.7 Å². The van der Waals surface area contributed by atoms with Crippen molar-refractivity contribution in [1.82, 2.24) is 4.57 Å². The number of aryl methyl sites for hydroxylation is 1. The van der Waals surface area contributed by atoms with Crippen molar-refractivity contribution in [2.24, 2.45) is 0 Å². The second-order valence-electron chi connectivity index (χ2n) is 8.15. The quantitative estimate of drug-likeness (QED) is 0.585. The Kier molecular flexibility index (Phi) is 5.70. The maximum atomic E-state index is 15.3. The van der Waals surface area contributed by atoms with Crippen molar-refractivity contribution in [3.05, 3.63) is 39.4 Å². The lowest BCUT2D eigenvalue weighted by Crippen LogP contribution is -2.37. The molecule has 0 bridgehead atoms. The van der Waals surface area contributed by atoms with E-state index in [1.54, 1.807) is 0 Å². The molecule has 1 atom stereocenters. The molecular formula is C22H25FN2O6. The van der Waals surface area contributed by atoms with E-state index >= 15 is 4.39 Å². The number of aliphatic hydroxyl groups excluding tert-OH is 1. The predicted octanol–water partition coefficient (Wildman–Crippen LogP) is 2.29. The van der Waals surface area contributed by atoms with Crippen molar-refractivity contribution in [3.8, 4) is 0 Å². The fraction of sp³-hybridized carbons (Fsp3) is 0.500. The fourth-order valence-corrected chi connectivity index (χ4v) is 4.45. The Balaban J connectivity index is 1.82. The van der Waals surface area contributed by atoms with E-state index in [-0.39, 0.29) is 23.1 Å². The molecule has 0 spiro atoms. The number of piperidine rings is 1. The van der Waals surface area contributed by atoms with Gasteiger partial charge in [-0.2, -0.15) is 0 Å². The third kappa shape index (κ3) is 3.89. The summed E-state index contributed by atoms with van der Waals surface area (Å²) >= 11 is 0. The molecule has 1 saturated heterocycles. The first kappa shape index (κ1) is 21.3. The summed E-state index contributed by atoms with van der Waals surface area (Å²) in [6, 6.07) is 1.19. The number of hydrogen-bond donors (Lipinski definition) is 1. The number of anilines is 1. The Morgan fingerprint density at radius 1 is 1.23 bits per heavy atom. The van der Waals surface area contributed by atoms with E-state index < -0.39 is 30.0 Å². The predicted molar refractivity (Wildman–Crippen MR) is 111 cm³/mol. The zero-order valence-electron chi connectivity index (χ0n) is 17.5. The van der Waals surface area contributed by atoms with Crippen LogP contribution in [0.2, 0.25) is 0 Å². The van der Waals surface area contributed by atoms with Gasteiger partial charge in [0.15, 0.2) is 0 Å². The first-order valence-corrected chi connectivity index (χ1v) is 10.4. The van der Waals surface area contributed by atoms with Gasteiger partial charge in [0, 0.05) is 43.2 Å². The average molecular weight is 432 g/mol. The van der Waals surface area contributed by atoms with Gasteiger partial charge in [0.2, 0.25) is 12.2 Å². The Bertz CT molecular complexity index is 1100. The molecule has 0 radical (unpaired) electrons. The van der Waals surface area contributed by atoms with Crippen molar-refractivity contribution < 1.29 is 28.6 Å². The summed E-state index contributed by atoms with van der Waals surface area (Å²) in [7, 11) is 0. The molecule has 1 aromatic carbocycles. The number of carbonyl (C=O) groups excluding carboxylic acids is 2. The maximum Gasteiger partial charge on any atom is 0.346 e. The van der Waals surface area contributed by atoms with Crippen LogP contribution in [0.15, 0.2) is 17.1 Å². The topological polar surface area (TPSA) is 98.1 Å². The number of pyridine rings is 1. The molecular weight excluding hydrogens is 407 g/mol. The summed E-state index contributed by atoms with van der Waals surface area (Å²) in [5, 5.41) is 9.93. The van der Waals surface area contributed by atoms with Gasteiger partial charge in [0.05, 0.1) is 17.3 Å². The number of ether oxygens (including phenoxy) is 2. The number of carbonyl (C=O) groups is 2. The van der Waals surface area contributed by atoms with Gasteiger partial charge in [0.1, 0.15) is 11.4 Å². The molecule has 1 N–H and O–H groups in total. The molecule has 2 aromatic rings. The highest BCUT2D eigenvalue weighted by atomic mass is 19.1. The van der Waals surface area contributed by atoms with Crippen LogP contribution in [0.4, 0.5) is 10.1 Å². The third-order valence-corrected chi connectivity index (χ3v) is 6.08. The highest BCUT2D eigenvalue weighted by molar-refractivity contribution is 5.96. The number of nitrogens with zero attached hydrogens (tertiary/aromatic N) is 2. The second-order valence-corrected chi connectivity index (χ2v) is 8.15. The molecule has 2 aliphatic rings. The summed E-state index contributed by atoms with van der Waals surface area (Å²) in [6.07, 6.45) is 3.53. The average Bonchev–Trinajstić information content (AvgIpc) is 2.72. The number of esters is 2. The van der Waals surface area contributed by atoms with Gasteiger partial charge in [-0.3, -0.25) is 9.59 Å². The van der Waals surface area contributed by atoms with Crippen LogP contribution in [-0.2, 0) is 20.7 Å². The number of benzene rings is 1. The lowest BCUT2D eigenvalue weighted by atomic mass is 9.93. The fourth-order valence-electron chi connectivity index (χ4n) is 4.45. The number of aromatic nitrogens is 1. The Labute approximate surface area is 178 Å². The van der Waals surface area contributed by atoms with Crippen LogP contribution >= 0.6 is 0 Å². The van der Waals surface area contributed by atoms with E-state index in [2.05, 4.69) is 4.74 Å². The molecule has 31 heavy (non-hydrogen) atoms. The van der Waals surface area contributed by atoms with Gasteiger partial charge in [-0.1, -0.05) is 0 Å². The molecule has 1 aromatic heterocycles. The molecule has 2 aliphatic heterocycles. The first-order chi connectivity index (χ1) is 14.8. The molecule has 0 saturated carbocycles. The summed E-state index contributed by atoms with van der Waals surface area (Å²) < 4.78 is 26.6. The Hall–Kier alpha value is -2.94. The summed E-state index contributed by atoms with van der Waals surface area (Å²) in [5.74, 6) is -2.05. The summed E-state index contributed by atoms with van der Waals surface area (Å²) in [6.45, 7) is 3.63. The minimum atomic E-state index is -0.925. The maximum absolute atomic E-state index is 15.3. The van der Waals surface area contributed by atoms with Gasteiger partial charge in [-0.15, -0.1) is 0 Å². The van der Waals surface area contributed by atoms with Crippen molar-refractivity contribution >= 4 is 28.5 Å². The highest BCUT2D eigenvalue weighted by Gasteiger charge is 2.30. The molecule has 0 aliphatic carbocycles. The molecule has 0 unspecified atom stereocenters. The monoisotopic (exact) mass is 432 g/mol. The van der Waals surface area contributed by atoms with E-state index in [0.717, 1.165) is 12.0 Å². The van der Waals surface area contributed by atoms with E-state index in [9.17, 15) is 19.5 Å². The lowest BCUT2D eigenvalue weighted by Gasteiger charge is -2.36. The minimum absolute atomic E-state index is 0.00268. The van der Waals surface area contributed by atoms with E-state index in [4.69, 9.17) is 4.74 Å². The first-order valence-electron chi connectivity index (χ1n) is 10.4. The Morgan fingerprint density at radius 2 is 1.94 bits per heavy atom. The van der Waals surface area contributed by atoms with Gasteiger partial charge < -0.3 is 24.0 Å². The van der Waals surface area contributed by atoms with E-state index in [1.165, 1.54) is 19.2 Å². The van der Waals surface area contributed by atoms with Gasteiger partial charge >= 0.3 is 11.9 Å². The number of aliphatic hydroxyl groups is 1. The van der Waals surface area contributed by atoms with Crippen LogP contribution in [0.3, 0.4) is 0 Å². The standard InChI is InChI=1S/C22H25FN2O6/c1-12-3-4-15-19-16(9-18(23)20(15)24-7-5-14(27)6-8-24)21(28)17(10-25(12)19)22(29)31-11-30-13(2)26/h9-10,12,14,27H,3-8,11H2,1-2H3/t12-/m0/s1.